The third-order valence-corrected chi connectivity index (χ3v) is 7.29. The Morgan fingerprint density at radius 1 is 1.00 bits per heavy atom. The normalized spacial score (nSPS) is 12.0. The van der Waals surface area contributed by atoms with Gasteiger partial charge in [0.2, 0.25) is 0 Å². The van der Waals surface area contributed by atoms with Gasteiger partial charge in [-0.2, -0.15) is 0 Å². The SMILES string of the molecule is CCCS(CCC)(CCC)OC(=O)c1cccc(C(=O)O)c1. The van der Waals surface area contributed by atoms with E-state index in [0.29, 0.717) is 5.56 Å². The van der Waals surface area contributed by atoms with Crippen molar-refractivity contribution in [3.05, 3.63) is 35.4 Å². The van der Waals surface area contributed by atoms with Gasteiger partial charge >= 0.3 is 11.9 Å². The first-order valence-electron chi connectivity index (χ1n) is 7.81. The topological polar surface area (TPSA) is 63.6 Å². The van der Waals surface area contributed by atoms with E-state index >= 15 is 0 Å². The van der Waals surface area contributed by atoms with Crippen LogP contribution in [0, 0.1) is 0 Å². The highest BCUT2D eigenvalue weighted by atomic mass is 32.3. The van der Waals surface area contributed by atoms with Crippen LogP contribution in [0.4, 0.5) is 0 Å². The van der Waals surface area contributed by atoms with Gasteiger partial charge in [-0.1, -0.05) is 37.1 Å². The largest absolute Gasteiger partial charge is 0.478 e. The number of carboxylic acid groups (broad SMARTS) is 1. The van der Waals surface area contributed by atoms with E-state index in [-0.39, 0.29) is 5.56 Å². The molecule has 124 valence electrons. The third-order valence-electron chi connectivity index (χ3n) is 3.33. The lowest BCUT2D eigenvalue weighted by molar-refractivity contribution is 0.0697. The molecule has 0 atom stereocenters. The van der Waals surface area contributed by atoms with Crippen LogP contribution in [0.5, 0.6) is 0 Å². The lowest BCUT2D eigenvalue weighted by Crippen LogP contribution is -2.20. The summed E-state index contributed by atoms with van der Waals surface area (Å²) in [7, 11) is -1.42. The Balaban J connectivity index is 2.99. The second-order valence-electron chi connectivity index (χ2n) is 5.34. The molecule has 1 aromatic carbocycles. The lowest BCUT2D eigenvalue weighted by Gasteiger charge is -2.38. The molecular weight excluding hydrogens is 300 g/mol. The predicted octanol–water partition coefficient (Wildman–Crippen LogP) is 4.49. The average molecular weight is 326 g/mol. The van der Waals surface area contributed by atoms with E-state index in [9.17, 15) is 9.59 Å². The van der Waals surface area contributed by atoms with Crippen molar-refractivity contribution < 1.29 is 18.9 Å². The highest BCUT2D eigenvalue weighted by Gasteiger charge is 2.27. The molecule has 4 nitrogen and oxygen atoms in total. The molecular formula is C17H26O4S. The highest BCUT2D eigenvalue weighted by molar-refractivity contribution is 8.30. The summed E-state index contributed by atoms with van der Waals surface area (Å²) in [5.41, 5.74) is 0.427. The van der Waals surface area contributed by atoms with Crippen molar-refractivity contribution in [2.24, 2.45) is 0 Å². The molecule has 0 saturated carbocycles. The van der Waals surface area contributed by atoms with Crippen molar-refractivity contribution in [1.29, 1.82) is 0 Å². The number of carbonyl (C=O) groups is 2. The quantitative estimate of drug-likeness (QED) is 0.726. The minimum atomic E-state index is -1.42. The molecule has 0 aliphatic carbocycles. The summed E-state index contributed by atoms with van der Waals surface area (Å²) in [5, 5.41) is 9.03. The van der Waals surface area contributed by atoms with Crippen LogP contribution in [-0.2, 0) is 4.18 Å². The molecule has 5 heteroatoms. The molecule has 0 spiro atoms. The van der Waals surface area contributed by atoms with Crippen LogP contribution in [0.15, 0.2) is 24.3 Å². The summed E-state index contributed by atoms with van der Waals surface area (Å²) >= 11 is 0. The van der Waals surface area contributed by atoms with Gasteiger partial charge in [0.05, 0.1) is 11.1 Å². The van der Waals surface area contributed by atoms with Gasteiger partial charge in [0.25, 0.3) is 0 Å². The fourth-order valence-electron chi connectivity index (χ4n) is 2.54. The molecule has 0 aliphatic rings. The van der Waals surface area contributed by atoms with Gasteiger partial charge in [-0.15, -0.1) is 0 Å². The van der Waals surface area contributed by atoms with Crippen LogP contribution in [0.2, 0.25) is 0 Å². The molecule has 0 heterocycles. The molecule has 0 aromatic heterocycles. The first-order valence-corrected chi connectivity index (χ1v) is 9.88. The molecule has 0 bridgehead atoms. The summed E-state index contributed by atoms with van der Waals surface area (Å²) in [6.45, 7) is 6.31. The monoisotopic (exact) mass is 326 g/mol. The van der Waals surface area contributed by atoms with Gasteiger partial charge in [0, 0.05) is 17.3 Å². The molecule has 0 radical (unpaired) electrons. The van der Waals surface area contributed by atoms with E-state index in [1.165, 1.54) is 12.1 Å². The van der Waals surface area contributed by atoms with E-state index in [1.54, 1.807) is 12.1 Å². The molecule has 0 unspecified atom stereocenters. The third kappa shape index (κ3) is 5.05. The Kier molecular flexibility index (Phi) is 7.45. The average Bonchev–Trinajstić information content (AvgIpc) is 2.48. The van der Waals surface area contributed by atoms with Gasteiger partial charge in [-0.3, -0.25) is 0 Å². The summed E-state index contributed by atoms with van der Waals surface area (Å²) in [5.74, 6) is 1.31. The fourth-order valence-corrected chi connectivity index (χ4v) is 6.05. The van der Waals surface area contributed by atoms with E-state index < -0.39 is 22.2 Å². The van der Waals surface area contributed by atoms with Crippen molar-refractivity contribution in [2.45, 2.75) is 40.0 Å². The van der Waals surface area contributed by atoms with Gasteiger partial charge in [-0.05, 0) is 37.5 Å². The highest BCUT2D eigenvalue weighted by Crippen LogP contribution is 2.51. The van der Waals surface area contributed by atoms with Crippen molar-refractivity contribution in [3.63, 3.8) is 0 Å². The number of benzene rings is 1. The molecule has 1 aromatic rings. The Labute approximate surface area is 134 Å². The number of rotatable bonds is 9. The molecule has 0 fully saturated rings. The smallest absolute Gasteiger partial charge is 0.348 e. The number of aromatic carboxylic acids is 1. The van der Waals surface area contributed by atoms with Crippen LogP contribution in [0.25, 0.3) is 0 Å². The van der Waals surface area contributed by atoms with Gasteiger partial charge in [0.1, 0.15) is 0 Å². The second kappa shape index (κ2) is 8.83. The minimum Gasteiger partial charge on any atom is -0.478 e. The van der Waals surface area contributed by atoms with Crippen molar-refractivity contribution >= 4 is 22.2 Å². The molecule has 0 aliphatic heterocycles. The van der Waals surface area contributed by atoms with Gasteiger partial charge < -0.3 is 9.29 Å². The number of hydrogen-bond acceptors (Lipinski definition) is 3. The van der Waals surface area contributed by atoms with Crippen LogP contribution in [0.1, 0.15) is 60.7 Å². The summed E-state index contributed by atoms with van der Waals surface area (Å²) in [4.78, 5) is 23.5. The Bertz CT molecular complexity index is 496. The zero-order valence-electron chi connectivity index (χ0n) is 13.6. The van der Waals surface area contributed by atoms with E-state index in [1.807, 2.05) is 0 Å². The first-order chi connectivity index (χ1) is 10.5. The van der Waals surface area contributed by atoms with E-state index in [4.69, 9.17) is 9.29 Å². The molecule has 0 amide bonds. The van der Waals surface area contributed by atoms with Crippen molar-refractivity contribution in [1.82, 2.24) is 0 Å². The van der Waals surface area contributed by atoms with Gasteiger partial charge in [0.15, 0.2) is 0 Å². The maximum Gasteiger partial charge on any atom is 0.348 e. The minimum absolute atomic E-state index is 0.108. The predicted molar refractivity (Wildman–Crippen MR) is 91.9 cm³/mol. The number of carbonyl (C=O) groups excluding carboxylic acids is 1. The molecule has 1 N–H and O–H groups in total. The van der Waals surface area contributed by atoms with Crippen molar-refractivity contribution in [2.75, 3.05) is 17.3 Å². The number of carboxylic acids is 1. The van der Waals surface area contributed by atoms with E-state index in [2.05, 4.69) is 20.8 Å². The van der Waals surface area contributed by atoms with Crippen LogP contribution in [-0.4, -0.2) is 34.3 Å². The van der Waals surface area contributed by atoms with Crippen molar-refractivity contribution in [3.8, 4) is 0 Å². The maximum absolute atomic E-state index is 12.5. The lowest BCUT2D eigenvalue weighted by atomic mass is 10.1. The second-order valence-corrected chi connectivity index (χ2v) is 8.66. The van der Waals surface area contributed by atoms with Gasteiger partial charge in [-0.25, -0.2) is 9.59 Å². The number of hydrogen-bond donors (Lipinski definition) is 1. The summed E-state index contributed by atoms with van der Waals surface area (Å²) < 4.78 is 5.93. The zero-order chi connectivity index (χ0) is 16.6. The zero-order valence-corrected chi connectivity index (χ0v) is 14.4. The Morgan fingerprint density at radius 3 is 1.95 bits per heavy atom. The Hall–Kier alpha value is -1.49. The van der Waals surface area contributed by atoms with Crippen LogP contribution >= 0.6 is 10.3 Å². The molecule has 0 saturated heterocycles. The first kappa shape index (κ1) is 18.6. The molecule has 1 rings (SSSR count). The maximum atomic E-state index is 12.5. The van der Waals surface area contributed by atoms with Crippen LogP contribution < -0.4 is 0 Å². The summed E-state index contributed by atoms with van der Waals surface area (Å²) in [6.07, 6.45) is 2.95. The Morgan fingerprint density at radius 2 is 1.50 bits per heavy atom. The summed E-state index contributed by atoms with van der Waals surface area (Å²) in [6, 6.07) is 6.06. The molecule has 22 heavy (non-hydrogen) atoms. The van der Waals surface area contributed by atoms with Crippen LogP contribution in [0.3, 0.4) is 0 Å². The standard InChI is InChI=1S/C17H26O4S/c1-4-10-22(11-5-2,12-6-3)21-17(20)15-9-7-8-14(13-15)16(18)19/h7-9,13H,4-6,10-12H2,1-3H3,(H,18,19). The van der Waals surface area contributed by atoms with E-state index in [0.717, 1.165) is 36.5 Å². The fraction of sp³-hybridized carbons (Fsp3) is 0.529.